The van der Waals surface area contributed by atoms with E-state index in [-0.39, 0.29) is 31.1 Å². The summed E-state index contributed by atoms with van der Waals surface area (Å²) in [6.07, 6.45) is 0.969. The maximum Gasteiger partial charge on any atom is 0.330 e. The van der Waals surface area contributed by atoms with Gasteiger partial charge in [-0.05, 0) is 5.56 Å². The van der Waals surface area contributed by atoms with Crippen molar-refractivity contribution in [2.45, 2.75) is 6.92 Å². The number of carboxylic acids is 1. The molecule has 0 bridgehead atoms. The van der Waals surface area contributed by atoms with E-state index in [1.54, 1.807) is 24.3 Å². The minimum absolute atomic E-state index is 0. The Labute approximate surface area is 106 Å². The molecule has 1 aromatic rings. The number of rotatable bonds is 3. The molecule has 0 saturated heterocycles. The van der Waals surface area contributed by atoms with E-state index in [0.717, 1.165) is 6.08 Å². The number of aliphatic carboxylic acids is 1. The van der Waals surface area contributed by atoms with E-state index >= 15 is 0 Å². The smallest absolute Gasteiger partial charge is 0.330 e. The number of nitrogens with one attached hydrogen (secondary N) is 1. The monoisotopic (exact) mass is 269 g/mol. The van der Waals surface area contributed by atoms with E-state index in [4.69, 9.17) is 5.11 Å². The van der Waals surface area contributed by atoms with Crippen molar-refractivity contribution in [1.82, 2.24) is 5.32 Å². The van der Waals surface area contributed by atoms with Gasteiger partial charge in [-0.3, -0.25) is 4.79 Å². The quantitative estimate of drug-likeness (QED) is 0.642. The maximum absolute atomic E-state index is 10.9. The van der Waals surface area contributed by atoms with Crippen molar-refractivity contribution in [2.75, 3.05) is 0 Å². The van der Waals surface area contributed by atoms with Crippen LogP contribution in [0.4, 0.5) is 0 Å². The third-order valence-corrected chi connectivity index (χ3v) is 1.66. The number of carbonyl (C=O) groups is 2. The molecule has 0 aliphatic rings. The fourth-order valence-corrected chi connectivity index (χ4v) is 1.12. The molecule has 2 N–H and O–H groups in total. The zero-order chi connectivity index (χ0) is 11.3. The van der Waals surface area contributed by atoms with Crippen LogP contribution in [0.1, 0.15) is 12.5 Å². The van der Waals surface area contributed by atoms with E-state index in [2.05, 4.69) is 5.32 Å². The Hall–Kier alpha value is -1.48. The van der Waals surface area contributed by atoms with Crippen molar-refractivity contribution in [1.29, 1.82) is 0 Å². The number of hydrogen-bond acceptors (Lipinski definition) is 2. The molecule has 0 aliphatic carbocycles. The van der Waals surface area contributed by atoms with Crippen molar-refractivity contribution in [2.24, 2.45) is 0 Å². The van der Waals surface area contributed by atoms with Gasteiger partial charge in [0.2, 0.25) is 5.91 Å². The Morgan fingerprint density at radius 1 is 1.25 bits per heavy atom. The first kappa shape index (κ1) is 14.5. The Balaban J connectivity index is 0.00000225. The van der Waals surface area contributed by atoms with Gasteiger partial charge in [0.25, 0.3) is 0 Å². The number of carboxylic acid groups (broad SMARTS) is 1. The van der Waals surface area contributed by atoms with Crippen LogP contribution < -0.4 is 5.32 Å². The van der Waals surface area contributed by atoms with Crippen LogP contribution in [-0.2, 0) is 29.1 Å². The fourth-order valence-electron chi connectivity index (χ4n) is 1.12. The summed E-state index contributed by atoms with van der Waals surface area (Å²) in [5, 5.41) is 11.1. The summed E-state index contributed by atoms with van der Waals surface area (Å²) in [5.74, 6) is -1.39. The minimum Gasteiger partial charge on any atom is -0.478 e. The van der Waals surface area contributed by atoms with Crippen LogP contribution in [0.15, 0.2) is 36.4 Å². The summed E-state index contributed by atoms with van der Waals surface area (Å²) >= 11 is 0. The molecular formula is C11H11NO3Zn. The molecule has 1 rings (SSSR count). The molecular weight excluding hydrogens is 260 g/mol. The Morgan fingerprint density at radius 2 is 1.81 bits per heavy atom. The van der Waals surface area contributed by atoms with Crippen LogP contribution in [0.25, 0.3) is 5.70 Å². The number of amides is 1. The Bertz CT molecular complexity index is 401. The van der Waals surface area contributed by atoms with Crippen molar-refractivity contribution >= 4 is 17.6 Å². The van der Waals surface area contributed by atoms with E-state index in [0.29, 0.717) is 5.56 Å². The van der Waals surface area contributed by atoms with Gasteiger partial charge in [-0.1, -0.05) is 30.3 Å². The average Bonchev–Trinajstić information content (AvgIpc) is 2.17. The van der Waals surface area contributed by atoms with E-state index in [9.17, 15) is 9.59 Å². The Kier molecular flexibility index (Phi) is 6.27. The van der Waals surface area contributed by atoms with Gasteiger partial charge < -0.3 is 10.4 Å². The van der Waals surface area contributed by atoms with Crippen LogP contribution in [0, 0.1) is 0 Å². The zero-order valence-electron chi connectivity index (χ0n) is 8.93. The molecule has 0 spiro atoms. The van der Waals surface area contributed by atoms with Crippen LogP contribution in [0.5, 0.6) is 0 Å². The van der Waals surface area contributed by atoms with E-state index in [1.165, 1.54) is 6.92 Å². The molecule has 1 aromatic carbocycles. The molecule has 0 aliphatic heterocycles. The van der Waals surface area contributed by atoms with Gasteiger partial charge in [0.1, 0.15) is 0 Å². The van der Waals surface area contributed by atoms with Gasteiger partial charge in [0.05, 0.1) is 5.70 Å². The predicted octanol–water partition coefficient (Wildman–Crippen LogP) is 1.25. The van der Waals surface area contributed by atoms with Crippen LogP contribution >= 0.6 is 0 Å². The van der Waals surface area contributed by atoms with Crippen molar-refractivity contribution in [3.05, 3.63) is 42.0 Å². The molecule has 16 heavy (non-hydrogen) atoms. The van der Waals surface area contributed by atoms with Gasteiger partial charge in [-0.25, -0.2) is 4.79 Å². The molecule has 0 radical (unpaired) electrons. The molecule has 0 fully saturated rings. The van der Waals surface area contributed by atoms with Crippen molar-refractivity contribution in [3.63, 3.8) is 0 Å². The summed E-state index contributed by atoms with van der Waals surface area (Å²) in [5.41, 5.74) is 0.950. The molecule has 0 atom stereocenters. The summed E-state index contributed by atoms with van der Waals surface area (Å²) in [4.78, 5) is 21.4. The summed E-state index contributed by atoms with van der Waals surface area (Å²) < 4.78 is 0. The zero-order valence-corrected chi connectivity index (χ0v) is 11.9. The number of carbonyl (C=O) groups excluding carboxylic acids is 1. The van der Waals surface area contributed by atoms with Gasteiger partial charge in [-0.2, -0.15) is 0 Å². The molecule has 0 aromatic heterocycles. The molecule has 5 heteroatoms. The molecule has 4 nitrogen and oxygen atoms in total. The number of benzene rings is 1. The first-order valence-electron chi connectivity index (χ1n) is 4.37. The van der Waals surface area contributed by atoms with Gasteiger partial charge in [-0.15, -0.1) is 0 Å². The maximum atomic E-state index is 10.9. The summed E-state index contributed by atoms with van der Waals surface area (Å²) in [7, 11) is 0. The molecule has 0 saturated carbocycles. The van der Waals surface area contributed by atoms with Crippen molar-refractivity contribution in [3.8, 4) is 0 Å². The van der Waals surface area contributed by atoms with Crippen molar-refractivity contribution < 1.29 is 34.2 Å². The summed E-state index contributed by atoms with van der Waals surface area (Å²) in [6, 6.07) is 8.81. The largest absolute Gasteiger partial charge is 0.478 e. The van der Waals surface area contributed by atoms with E-state index in [1.807, 2.05) is 6.07 Å². The molecule has 0 heterocycles. The van der Waals surface area contributed by atoms with Gasteiger partial charge in [0.15, 0.2) is 0 Å². The second-order valence-corrected chi connectivity index (χ2v) is 2.94. The Morgan fingerprint density at radius 3 is 2.25 bits per heavy atom. The summed E-state index contributed by atoms with van der Waals surface area (Å²) in [6.45, 7) is 1.33. The molecule has 0 unspecified atom stereocenters. The minimum atomic E-state index is -1.09. The van der Waals surface area contributed by atoms with Gasteiger partial charge >= 0.3 is 5.97 Å². The molecule has 1 amide bonds. The second-order valence-electron chi connectivity index (χ2n) is 2.94. The standard InChI is InChI=1S/C11H11NO3.Zn/c1-8(13)12-10(7-11(14)15)9-5-3-2-4-6-9;/h2-7H,1H3,(H,12,13)(H,14,15);. The molecule has 80 valence electrons. The first-order chi connectivity index (χ1) is 7.09. The van der Waals surface area contributed by atoms with Crippen LogP contribution in [-0.4, -0.2) is 17.0 Å². The predicted molar refractivity (Wildman–Crippen MR) is 55.9 cm³/mol. The third-order valence-electron chi connectivity index (χ3n) is 1.66. The van der Waals surface area contributed by atoms with Gasteiger partial charge in [0, 0.05) is 32.5 Å². The second kappa shape index (κ2) is 6.91. The average molecular weight is 271 g/mol. The normalized spacial score (nSPS) is 10.2. The fraction of sp³-hybridized carbons (Fsp3) is 0.0909. The SMILES string of the molecule is CC(=O)NC(=CC(=O)O)c1ccccc1.[Zn]. The number of hydrogen-bond donors (Lipinski definition) is 2. The topological polar surface area (TPSA) is 66.4 Å². The van der Waals surface area contributed by atoms with Crippen LogP contribution in [0.3, 0.4) is 0 Å². The first-order valence-corrected chi connectivity index (χ1v) is 4.37. The van der Waals surface area contributed by atoms with E-state index < -0.39 is 5.97 Å². The van der Waals surface area contributed by atoms with Crippen LogP contribution in [0.2, 0.25) is 0 Å². The third kappa shape index (κ3) is 4.85.